The minimum Gasteiger partial charge on any atom is -0.379 e. The molecular formula is C9H8ClN3. The SMILES string of the molecule is Clc1ccc(C2C=CC=CN2)nn1. The van der Waals surface area contributed by atoms with Crippen LogP contribution >= 0.6 is 11.6 Å². The van der Waals surface area contributed by atoms with Crippen LogP contribution in [0.15, 0.2) is 36.6 Å². The fourth-order valence-electron chi connectivity index (χ4n) is 1.12. The van der Waals surface area contributed by atoms with Crippen molar-refractivity contribution in [3.63, 3.8) is 0 Å². The first-order chi connectivity index (χ1) is 6.36. The second-order valence-electron chi connectivity index (χ2n) is 2.67. The van der Waals surface area contributed by atoms with Crippen LogP contribution in [0.5, 0.6) is 0 Å². The van der Waals surface area contributed by atoms with Gasteiger partial charge in [0.25, 0.3) is 0 Å². The van der Waals surface area contributed by atoms with E-state index in [0.717, 1.165) is 5.69 Å². The highest BCUT2D eigenvalue weighted by molar-refractivity contribution is 6.29. The van der Waals surface area contributed by atoms with Gasteiger partial charge >= 0.3 is 0 Å². The summed E-state index contributed by atoms with van der Waals surface area (Å²) >= 11 is 5.62. The van der Waals surface area contributed by atoms with E-state index in [-0.39, 0.29) is 6.04 Å². The number of nitrogens with one attached hydrogen (secondary N) is 1. The van der Waals surface area contributed by atoms with Crippen molar-refractivity contribution < 1.29 is 0 Å². The molecule has 1 aromatic rings. The van der Waals surface area contributed by atoms with Gasteiger partial charge in [0.1, 0.15) is 0 Å². The first-order valence-electron chi connectivity index (χ1n) is 3.95. The number of halogens is 1. The first-order valence-corrected chi connectivity index (χ1v) is 4.32. The maximum Gasteiger partial charge on any atom is 0.151 e. The molecule has 0 saturated heterocycles. The van der Waals surface area contributed by atoms with Crippen LogP contribution in [0, 0.1) is 0 Å². The van der Waals surface area contributed by atoms with E-state index in [0.29, 0.717) is 5.15 Å². The predicted molar refractivity (Wildman–Crippen MR) is 51.2 cm³/mol. The Hall–Kier alpha value is -1.35. The minimum atomic E-state index is 0.106. The molecule has 1 aliphatic heterocycles. The summed E-state index contributed by atoms with van der Waals surface area (Å²) in [5.41, 5.74) is 0.866. The van der Waals surface area contributed by atoms with Crippen LogP contribution in [0.4, 0.5) is 0 Å². The fourth-order valence-corrected chi connectivity index (χ4v) is 1.22. The van der Waals surface area contributed by atoms with Gasteiger partial charge in [0.2, 0.25) is 0 Å². The molecule has 0 bridgehead atoms. The highest BCUT2D eigenvalue weighted by atomic mass is 35.5. The van der Waals surface area contributed by atoms with E-state index >= 15 is 0 Å². The third-order valence-corrected chi connectivity index (χ3v) is 1.96. The van der Waals surface area contributed by atoms with Gasteiger partial charge in [-0.25, -0.2) is 0 Å². The quantitative estimate of drug-likeness (QED) is 0.740. The lowest BCUT2D eigenvalue weighted by atomic mass is 10.1. The smallest absolute Gasteiger partial charge is 0.151 e. The highest BCUT2D eigenvalue weighted by Crippen LogP contribution is 2.14. The molecule has 0 spiro atoms. The molecule has 13 heavy (non-hydrogen) atoms. The Morgan fingerprint density at radius 1 is 1.23 bits per heavy atom. The molecule has 0 saturated carbocycles. The number of dihydropyridines is 1. The third-order valence-electron chi connectivity index (χ3n) is 1.76. The Labute approximate surface area is 81.1 Å². The van der Waals surface area contributed by atoms with Gasteiger partial charge in [-0.05, 0) is 24.4 Å². The van der Waals surface area contributed by atoms with Crippen molar-refractivity contribution in [2.45, 2.75) is 6.04 Å². The Balaban J connectivity index is 2.21. The molecule has 0 fully saturated rings. The van der Waals surface area contributed by atoms with Crippen LogP contribution in [-0.2, 0) is 0 Å². The molecule has 2 rings (SSSR count). The molecule has 66 valence electrons. The highest BCUT2D eigenvalue weighted by Gasteiger charge is 2.08. The number of hydrogen-bond acceptors (Lipinski definition) is 3. The molecule has 0 aromatic carbocycles. The normalized spacial score (nSPS) is 19.9. The van der Waals surface area contributed by atoms with Crippen molar-refractivity contribution in [3.05, 3.63) is 47.4 Å². The molecule has 4 heteroatoms. The van der Waals surface area contributed by atoms with Gasteiger partial charge in [0.05, 0.1) is 11.7 Å². The minimum absolute atomic E-state index is 0.106. The van der Waals surface area contributed by atoms with Crippen LogP contribution < -0.4 is 5.32 Å². The second-order valence-corrected chi connectivity index (χ2v) is 3.06. The van der Waals surface area contributed by atoms with E-state index < -0.39 is 0 Å². The summed E-state index contributed by atoms with van der Waals surface area (Å²) in [6, 6.07) is 3.70. The Morgan fingerprint density at radius 2 is 2.15 bits per heavy atom. The zero-order valence-electron chi connectivity index (χ0n) is 6.81. The largest absolute Gasteiger partial charge is 0.379 e. The number of hydrogen-bond donors (Lipinski definition) is 1. The van der Waals surface area contributed by atoms with Crippen molar-refractivity contribution in [1.82, 2.24) is 15.5 Å². The molecule has 1 aromatic heterocycles. The average molecular weight is 194 g/mol. The lowest BCUT2D eigenvalue weighted by Crippen LogP contribution is -2.16. The van der Waals surface area contributed by atoms with Gasteiger partial charge in [0, 0.05) is 0 Å². The Bertz CT molecular complexity index is 342. The number of aromatic nitrogens is 2. The van der Waals surface area contributed by atoms with Gasteiger partial charge in [-0.2, -0.15) is 5.10 Å². The molecule has 1 N–H and O–H groups in total. The average Bonchev–Trinajstić information content (AvgIpc) is 2.20. The van der Waals surface area contributed by atoms with Crippen LogP contribution in [0.1, 0.15) is 11.7 Å². The maximum atomic E-state index is 5.62. The van der Waals surface area contributed by atoms with Crippen LogP contribution in [0.25, 0.3) is 0 Å². The van der Waals surface area contributed by atoms with Crippen molar-refractivity contribution >= 4 is 11.6 Å². The van der Waals surface area contributed by atoms with Crippen molar-refractivity contribution in [2.24, 2.45) is 0 Å². The molecule has 0 radical (unpaired) electrons. The van der Waals surface area contributed by atoms with E-state index in [1.807, 2.05) is 30.5 Å². The van der Waals surface area contributed by atoms with E-state index in [4.69, 9.17) is 11.6 Å². The molecule has 3 nitrogen and oxygen atoms in total. The van der Waals surface area contributed by atoms with E-state index in [9.17, 15) is 0 Å². The van der Waals surface area contributed by atoms with Crippen molar-refractivity contribution in [2.75, 3.05) is 0 Å². The lowest BCUT2D eigenvalue weighted by Gasteiger charge is -2.13. The molecular weight excluding hydrogens is 186 g/mol. The molecule has 1 atom stereocenters. The van der Waals surface area contributed by atoms with E-state index in [2.05, 4.69) is 15.5 Å². The maximum absolute atomic E-state index is 5.62. The summed E-state index contributed by atoms with van der Waals surface area (Å²) in [4.78, 5) is 0. The standard InChI is InChI=1S/C9H8ClN3/c10-9-5-4-8(12-13-9)7-3-1-2-6-11-7/h1-7,11H. The summed E-state index contributed by atoms with van der Waals surface area (Å²) in [5.74, 6) is 0. The molecule has 1 unspecified atom stereocenters. The van der Waals surface area contributed by atoms with Crippen molar-refractivity contribution in [1.29, 1.82) is 0 Å². The zero-order valence-corrected chi connectivity index (χ0v) is 7.57. The van der Waals surface area contributed by atoms with Crippen molar-refractivity contribution in [3.8, 4) is 0 Å². The van der Waals surface area contributed by atoms with Crippen LogP contribution in [0.3, 0.4) is 0 Å². The van der Waals surface area contributed by atoms with E-state index in [1.165, 1.54) is 0 Å². The van der Waals surface area contributed by atoms with Gasteiger partial charge < -0.3 is 5.32 Å². The Morgan fingerprint density at radius 3 is 2.77 bits per heavy atom. The summed E-state index contributed by atoms with van der Waals surface area (Å²) in [6.07, 6.45) is 7.79. The number of allylic oxidation sites excluding steroid dienone is 2. The molecule has 2 heterocycles. The summed E-state index contributed by atoms with van der Waals surface area (Å²) in [6.45, 7) is 0. The summed E-state index contributed by atoms with van der Waals surface area (Å²) in [7, 11) is 0. The fraction of sp³-hybridized carbons (Fsp3) is 0.111. The topological polar surface area (TPSA) is 37.8 Å². The second kappa shape index (κ2) is 3.58. The molecule has 0 amide bonds. The number of nitrogens with zero attached hydrogens (tertiary/aromatic N) is 2. The van der Waals surface area contributed by atoms with Gasteiger partial charge in [-0.1, -0.05) is 23.8 Å². The summed E-state index contributed by atoms with van der Waals surface area (Å²) < 4.78 is 0. The molecule has 1 aliphatic rings. The third kappa shape index (κ3) is 1.87. The lowest BCUT2D eigenvalue weighted by molar-refractivity contribution is 0.703. The Kier molecular flexibility index (Phi) is 2.27. The van der Waals surface area contributed by atoms with Crippen LogP contribution in [-0.4, -0.2) is 10.2 Å². The van der Waals surface area contributed by atoms with Gasteiger partial charge in [0.15, 0.2) is 5.15 Å². The van der Waals surface area contributed by atoms with Gasteiger partial charge in [-0.15, -0.1) is 5.10 Å². The van der Waals surface area contributed by atoms with Gasteiger partial charge in [-0.3, -0.25) is 0 Å². The monoisotopic (exact) mass is 193 g/mol. The predicted octanol–water partition coefficient (Wildman–Crippen LogP) is 1.84. The van der Waals surface area contributed by atoms with Crippen LogP contribution in [0.2, 0.25) is 5.15 Å². The summed E-state index contributed by atoms with van der Waals surface area (Å²) in [5, 5.41) is 11.3. The number of rotatable bonds is 1. The van der Waals surface area contributed by atoms with E-state index in [1.54, 1.807) is 6.07 Å². The zero-order chi connectivity index (χ0) is 9.10. The molecule has 0 aliphatic carbocycles. The first kappa shape index (κ1) is 8.26.